The highest BCUT2D eigenvalue weighted by Gasteiger charge is 2.59. The maximum atomic E-state index is 15.3. The van der Waals surface area contributed by atoms with Gasteiger partial charge in [0.1, 0.15) is 0 Å². The second-order valence-corrected chi connectivity index (χ2v) is 18.5. The smallest absolute Gasteiger partial charge is 0.240 e. The van der Waals surface area contributed by atoms with Gasteiger partial charge in [0.2, 0.25) is 23.6 Å². The zero-order chi connectivity index (χ0) is 32.6. The monoisotopic (exact) mass is 652 g/mol. The molecule has 0 radical (unpaired) electrons. The van der Waals surface area contributed by atoms with Gasteiger partial charge in [0.05, 0.1) is 22.2 Å². The molecule has 6 heteroatoms. The Balaban J connectivity index is 1.15. The van der Waals surface area contributed by atoms with Crippen LogP contribution in [0.1, 0.15) is 141 Å². The Morgan fingerprint density at radius 2 is 0.750 bits per heavy atom. The summed E-state index contributed by atoms with van der Waals surface area (Å²) in [4.78, 5) is 63.6. The maximum absolute atomic E-state index is 15.3. The van der Waals surface area contributed by atoms with Gasteiger partial charge in [0, 0.05) is 11.8 Å². The van der Waals surface area contributed by atoms with E-state index in [1.807, 2.05) is 24.3 Å². The number of carbonyl (C=O) groups excluding carboxylic acids is 4. The molecule has 10 fully saturated rings. The van der Waals surface area contributed by atoms with Gasteiger partial charge in [0.25, 0.3) is 0 Å². The van der Waals surface area contributed by atoms with E-state index in [4.69, 9.17) is 0 Å². The number of imide groups is 2. The van der Waals surface area contributed by atoms with Crippen LogP contribution in [0, 0.1) is 58.2 Å². The van der Waals surface area contributed by atoms with Crippen molar-refractivity contribution in [2.24, 2.45) is 58.2 Å². The van der Waals surface area contributed by atoms with Gasteiger partial charge < -0.3 is 0 Å². The summed E-state index contributed by atoms with van der Waals surface area (Å²) in [5.41, 5.74) is -0.0185. The van der Waals surface area contributed by atoms with Crippen molar-refractivity contribution in [1.82, 2.24) is 0 Å². The van der Waals surface area contributed by atoms with Crippen molar-refractivity contribution >= 4 is 35.0 Å². The van der Waals surface area contributed by atoms with Crippen molar-refractivity contribution in [2.45, 2.75) is 141 Å². The van der Waals surface area contributed by atoms with Crippen LogP contribution in [0.2, 0.25) is 0 Å². The van der Waals surface area contributed by atoms with E-state index in [2.05, 4.69) is 0 Å². The predicted molar refractivity (Wildman–Crippen MR) is 186 cm³/mol. The zero-order valence-electron chi connectivity index (χ0n) is 29.0. The molecule has 6 nitrogen and oxygen atoms in total. The Morgan fingerprint density at radius 1 is 0.458 bits per heavy atom. The van der Waals surface area contributed by atoms with Crippen molar-refractivity contribution in [2.75, 3.05) is 9.80 Å². The topological polar surface area (TPSA) is 74.8 Å². The molecule has 0 heterocycles. The first-order chi connectivity index (χ1) is 23.3. The fraction of sp³-hybridized carbons (Fsp3) is 0.762. The van der Waals surface area contributed by atoms with E-state index in [1.165, 1.54) is 38.5 Å². The van der Waals surface area contributed by atoms with Gasteiger partial charge in [-0.1, -0.05) is 50.7 Å². The lowest BCUT2D eigenvalue weighted by molar-refractivity contribution is -0.148. The number of amides is 4. The number of anilines is 2. The third-order valence-corrected chi connectivity index (χ3v) is 15.1. The molecule has 258 valence electrons. The van der Waals surface area contributed by atoms with Crippen LogP contribution >= 0.6 is 0 Å². The van der Waals surface area contributed by atoms with Gasteiger partial charge in [-0.2, -0.15) is 0 Å². The van der Waals surface area contributed by atoms with E-state index in [0.29, 0.717) is 46.9 Å². The van der Waals surface area contributed by atoms with Crippen LogP contribution in [0.15, 0.2) is 24.3 Å². The molecular formula is C42H56N2O4. The number of rotatable bonds is 6. The minimum absolute atomic E-state index is 0.0306. The van der Waals surface area contributed by atoms with Gasteiger partial charge in [-0.3, -0.25) is 19.2 Å². The summed E-state index contributed by atoms with van der Waals surface area (Å²) in [6.07, 6.45) is 22.2. The molecule has 10 aliphatic rings. The molecule has 0 N–H and O–H groups in total. The van der Waals surface area contributed by atoms with E-state index >= 15 is 9.59 Å². The molecule has 10 aliphatic carbocycles. The molecule has 8 bridgehead atoms. The van der Waals surface area contributed by atoms with E-state index in [1.54, 1.807) is 9.80 Å². The van der Waals surface area contributed by atoms with Crippen molar-refractivity contribution in [3.8, 4) is 0 Å². The molecule has 0 spiro atoms. The van der Waals surface area contributed by atoms with Crippen LogP contribution < -0.4 is 9.80 Å². The lowest BCUT2D eigenvalue weighted by Gasteiger charge is -2.57. The summed E-state index contributed by atoms with van der Waals surface area (Å²) < 4.78 is 0. The highest BCUT2D eigenvalue weighted by Crippen LogP contribution is 2.63. The summed E-state index contributed by atoms with van der Waals surface area (Å²) in [7, 11) is 0. The third kappa shape index (κ3) is 5.24. The van der Waals surface area contributed by atoms with Crippen molar-refractivity contribution < 1.29 is 19.2 Å². The average molecular weight is 653 g/mol. The summed E-state index contributed by atoms with van der Waals surface area (Å²) in [6, 6.07) is 7.60. The van der Waals surface area contributed by atoms with Crippen LogP contribution in [-0.4, -0.2) is 23.6 Å². The first kappa shape index (κ1) is 31.5. The Bertz CT molecular complexity index is 1290. The Morgan fingerprint density at radius 3 is 1.04 bits per heavy atom. The van der Waals surface area contributed by atoms with Crippen LogP contribution in [0.5, 0.6) is 0 Å². The molecule has 1 aromatic carbocycles. The Kier molecular flexibility index (Phi) is 7.92. The van der Waals surface area contributed by atoms with Gasteiger partial charge in [-0.05, 0) is 150 Å². The minimum atomic E-state index is -0.506. The van der Waals surface area contributed by atoms with Crippen molar-refractivity contribution in [1.29, 1.82) is 0 Å². The lowest BCUT2D eigenvalue weighted by atomic mass is 9.49. The fourth-order valence-corrected chi connectivity index (χ4v) is 13.8. The normalized spacial score (nSPS) is 38.6. The van der Waals surface area contributed by atoms with Gasteiger partial charge in [-0.25, -0.2) is 9.80 Å². The highest BCUT2D eigenvalue weighted by molar-refractivity contribution is 6.24. The second kappa shape index (κ2) is 12.1. The van der Waals surface area contributed by atoms with Crippen LogP contribution in [-0.2, 0) is 19.2 Å². The average Bonchev–Trinajstić information content (AvgIpc) is 3.08. The summed E-state index contributed by atoms with van der Waals surface area (Å²) in [5, 5.41) is 0. The number of nitrogens with zero attached hydrogens (tertiary/aromatic N) is 2. The second-order valence-electron chi connectivity index (χ2n) is 18.5. The van der Waals surface area contributed by atoms with Gasteiger partial charge in [0.15, 0.2) is 0 Å². The number of benzene rings is 1. The summed E-state index contributed by atoms with van der Waals surface area (Å²) in [5.74, 6) is 2.83. The number of hydrogen-bond donors (Lipinski definition) is 0. The SMILES string of the molecule is O=C(C1CCCCC1)N(C(=O)C12CC3CC(CC(C3)C1)C2)c1ccccc1N(C(=O)C1CCCCC1)C(=O)C12CC3CC(CC(C3)C1)C2. The number of hydrogen-bond acceptors (Lipinski definition) is 4. The standard InChI is InChI=1S/C42H56N2O4/c45-37(33-9-3-1-4-10-33)43(39(47)41-21-27-15-28(22-41)17-29(16-27)23-41)35-13-7-8-14-36(35)44(38(46)34-11-5-2-6-12-34)40(48)42-24-30-18-31(25-42)20-32(19-30)26-42/h7-8,13-14,27-34H,1-6,9-12,15-26H2. The minimum Gasteiger partial charge on any atom is -0.274 e. The predicted octanol–water partition coefficient (Wildman–Crippen LogP) is 9.00. The zero-order valence-corrected chi connectivity index (χ0v) is 29.0. The molecule has 0 aliphatic heterocycles. The molecule has 1 aromatic rings. The Hall–Kier alpha value is -2.50. The molecule has 48 heavy (non-hydrogen) atoms. The maximum Gasteiger partial charge on any atom is 0.240 e. The van der Waals surface area contributed by atoms with Crippen molar-refractivity contribution in [3.05, 3.63) is 24.3 Å². The number of carbonyl (C=O) groups is 4. The molecule has 0 unspecified atom stereocenters. The van der Waals surface area contributed by atoms with E-state index in [0.717, 1.165) is 103 Å². The molecule has 0 saturated heterocycles. The summed E-state index contributed by atoms with van der Waals surface area (Å²) >= 11 is 0. The molecular weight excluding hydrogens is 596 g/mol. The van der Waals surface area contributed by atoms with Gasteiger partial charge >= 0.3 is 0 Å². The van der Waals surface area contributed by atoms with E-state index in [-0.39, 0.29) is 35.5 Å². The first-order valence-electron chi connectivity index (χ1n) is 20.2. The van der Waals surface area contributed by atoms with Gasteiger partial charge in [-0.15, -0.1) is 0 Å². The number of para-hydroxylation sites is 2. The largest absolute Gasteiger partial charge is 0.274 e. The van der Waals surface area contributed by atoms with E-state index in [9.17, 15) is 9.59 Å². The summed E-state index contributed by atoms with van der Waals surface area (Å²) in [6.45, 7) is 0. The molecule has 0 aromatic heterocycles. The third-order valence-electron chi connectivity index (χ3n) is 15.1. The van der Waals surface area contributed by atoms with Crippen molar-refractivity contribution in [3.63, 3.8) is 0 Å². The lowest BCUT2D eigenvalue weighted by Crippen LogP contribution is -2.58. The fourth-order valence-electron chi connectivity index (χ4n) is 13.8. The molecule has 11 rings (SSSR count). The van der Waals surface area contributed by atoms with Crippen LogP contribution in [0.4, 0.5) is 11.4 Å². The highest BCUT2D eigenvalue weighted by atomic mass is 16.2. The van der Waals surface area contributed by atoms with Crippen LogP contribution in [0.25, 0.3) is 0 Å². The van der Waals surface area contributed by atoms with Crippen LogP contribution in [0.3, 0.4) is 0 Å². The molecule has 10 saturated carbocycles. The van der Waals surface area contributed by atoms with E-state index < -0.39 is 10.8 Å². The quantitative estimate of drug-likeness (QED) is 0.288. The molecule has 0 atom stereocenters. The molecule has 4 amide bonds. The Labute approximate surface area is 287 Å². The first-order valence-corrected chi connectivity index (χ1v) is 20.2.